The van der Waals surface area contributed by atoms with E-state index in [0.717, 1.165) is 25.1 Å². The van der Waals surface area contributed by atoms with Gasteiger partial charge in [-0.15, -0.1) is 0 Å². The zero-order valence-corrected chi connectivity index (χ0v) is 11.8. The SMILES string of the molecule is CCc1ccc(CNC(=O)C(=O)N2CCNCC2)cc1. The minimum atomic E-state index is -0.522. The molecule has 20 heavy (non-hydrogen) atoms. The first-order valence-corrected chi connectivity index (χ1v) is 7.06. The van der Waals surface area contributed by atoms with Crippen molar-refractivity contribution in [1.82, 2.24) is 15.5 Å². The number of rotatable bonds is 3. The van der Waals surface area contributed by atoms with Crippen LogP contribution >= 0.6 is 0 Å². The van der Waals surface area contributed by atoms with Crippen LogP contribution in [0.5, 0.6) is 0 Å². The van der Waals surface area contributed by atoms with E-state index in [1.165, 1.54) is 5.56 Å². The summed E-state index contributed by atoms with van der Waals surface area (Å²) < 4.78 is 0. The van der Waals surface area contributed by atoms with Crippen molar-refractivity contribution in [3.63, 3.8) is 0 Å². The van der Waals surface area contributed by atoms with E-state index in [1.54, 1.807) is 4.90 Å². The summed E-state index contributed by atoms with van der Waals surface area (Å²) in [7, 11) is 0. The Bertz CT molecular complexity index is 465. The molecular formula is C15H21N3O2. The number of nitrogens with zero attached hydrogens (tertiary/aromatic N) is 1. The summed E-state index contributed by atoms with van der Waals surface area (Å²) in [6.07, 6.45) is 0.994. The highest BCUT2D eigenvalue weighted by Crippen LogP contribution is 2.04. The van der Waals surface area contributed by atoms with Crippen LogP contribution in [0.1, 0.15) is 18.1 Å². The average Bonchev–Trinajstić information content (AvgIpc) is 2.53. The van der Waals surface area contributed by atoms with E-state index < -0.39 is 11.8 Å². The van der Waals surface area contributed by atoms with Crippen molar-refractivity contribution >= 4 is 11.8 Å². The van der Waals surface area contributed by atoms with E-state index in [1.807, 2.05) is 24.3 Å². The van der Waals surface area contributed by atoms with Crippen LogP contribution < -0.4 is 10.6 Å². The Morgan fingerprint density at radius 2 is 1.75 bits per heavy atom. The molecule has 0 atom stereocenters. The van der Waals surface area contributed by atoms with Gasteiger partial charge in [0.15, 0.2) is 0 Å². The summed E-state index contributed by atoms with van der Waals surface area (Å²) in [6, 6.07) is 8.04. The van der Waals surface area contributed by atoms with E-state index >= 15 is 0 Å². The predicted molar refractivity (Wildman–Crippen MR) is 77.1 cm³/mol. The van der Waals surface area contributed by atoms with Crippen molar-refractivity contribution in [2.24, 2.45) is 0 Å². The van der Waals surface area contributed by atoms with Crippen LogP contribution in [0.4, 0.5) is 0 Å². The fraction of sp³-hybridized carbons (Fsp3) is 0.467. The molecule has 2 N–H and O–H groups in total. The molecule has 0 saturated carbocycles. The third-order valence-corrected chi connectivity index (χ3v) is 3.48. The number of carbonyl (C=O) groups is 2. The van der Waals surface area contributed by atoms with Gasteiger partial charge >= 0.3 is 11.8 Å². The molecule has 0 aromatic heterocycles. The third kappa shape index (κ3) is 3.81. The molecule has 1 aliphatic rings. The van der Waals surface area contributed by atoms with Gasteiger partial charge in [0, 0.05) is 32.7 Å². The van der Waals surface area contributed by atoms with Gasteiger partial charge in [0.05, 0.1) is 0 Å². The van der Waals surface area contributed by atoms with Gasteiger partial charge in [-0.05, 0) is 17.5 Å². The molecule has 0 aliphatic carbocycles. The minimum absolute atomic E-state index is 0.390. The number of benzene rings is 1. The Balaban J connectivity index is 1.82. The molecule has 0 unspecified atom stereocenters. The molecule has 2 amide bonds. The number of amides is 2. The molecule has 1 aromatic carbocycles. The summed E-state index contributed by atoms with van der Waals surface area (Å²) in [4.78, 5) is 25.3. The monoisotopic (exact) mass is 275 g/mol. The summed E-state index contributed by atoms with van der Waals surface area (Å²) in [5, 5.41) is 5.83. The van der Waals surface area contributed by atoms with Crippen LogP contribution in [0, 0.1) is 0 Å². The smallest absolute Gasteiger partial charge is 0.311 e. The van der Waals surface area contributed by atoms with Crippen molar-refractivity contribution in [3.05, 3.63) is 35.4 Å². The Morgan fingerprint density at radius 3 is 2.35 bits per heavy atom. The first-order valence-electron chi connectivity index (χ1n) is 7.06. The first kappa shape index (κ1) is 14.5. The Morgan fingerprint density at radius 1 is 1.15 bits per heavy atom. The zero-order chi connectivity index (χ0) is 14.4. The summed E-state index contributed by atoms with van der Waals surface area (Å²) in [5.74, 6) is -0.955. The second kappa shape index (κ2) is 7.05. The summed E-state index contributed by atoms with van der Waals surface area (Å²) in [6.45, 7) is 5.17. The van der Waals surface area contributed by atoms with Gasteiger partial charge < -0.3 is 15.5 Å². The van der Waals surface area contributed by atoms with Crippen molar-refractivity contribution in [2.75, 3.05) is 26.2 Å². The number of aryl methyl sites for hydroxylation is 1. The van der Waals surface area contributed by atoms with E-state index in [-0.39, 0.29) is 0 Å². The van der Waals surface area contributed by atoms with Gasteiger partial charge in [0.25, 0.3) is 0 Å². The Kier molecular flexibility index (Phi) is 5.12. The van der Waals surface area contributed by atoms with Crippen molar-refractivity contribution in [2.45, 2.75) is 19.9 Å². The highest BCUT2D eigenvalue weighted by molar-refractivity contribution is 6.34. The molecule has 1 heterocycles. The van der Waals surface area contributed by atoms with Gasteiger partial charge in [0.1, 0.15) is 0 Å². The van der Waals surface area contributed by atoms with Crippen LogP contribution in [0.3, 0.4) is 0 Å². The van der Waals surface area contributed by atoms with Gasteiger partial charge in [-0.2, -0.15) is 0 Å². The lowest BCUT2D eigenvalue weighted by Gasteiger charge is -2.26. The van der Waals surface area contributed by atoms with E-state index in [4.69, 9.17) is 0 Å². The summed E-state index contributed by atoms with van der Waals surface area (Å²) >= 11 is 0. The largest absolute Gasteiger partial charge is 0.344 e. The van der Waals surface area contributed by atoms with E-state index in [9.17, 15) is 9.59 Å². The van der Waals surface area contributed by atoms with E-state index in [0.29, 0.717) is 19.6 Å². The molecule has 0 bridgehead atoms. The van der Waals surface area contributed by atoms with Gasteiger partial charge in [-0.1, -0.05) is 31.2 Å². The second-order valence-electron chi connectivity index (χ2n) is 4.89. The molecule has 5 heteroatoms. The molecule has 1 aromatic rings. The lowest BCUT2D eigenvalue weighted by atomic mass is 10.1. The maximum absolute atomic E-state index is 11.9. The highest BCUT2D eigenvalue weighted by Gasteiger charge is 2.22. The predicted octanol–water partition coefficient (Wildman–Crippen LogP) is 0.297. The molecule has 5 nitrogen and oxygen atoms in total. The van der Waals surface area contributed by atoms with Crippen LogP contribution in [0.15, 0.2) is 24.3 Å². The van der Waals surface area contributed by atoms with Gasteiger partial charge in [-0.25, -0.2) is 0 Å². The topological polar surface area (TPSA) is 61.4 Å². The molecular weight excluding hydrogens is 254 g/mol. The normalized spacial score (nSPS) is 14.9. The van der Waals surface area contributed by atoms with Crippen molar-refractivity contribution < 1.29 is 9.59 Å². The number of piperazine rings is 1. The molecule has 0 radical (unpaired) electrons. The van der Waals surface area contributed by atoms with Crippen LogP contribution in [0.25, 0.3) is 0 Å². The van der Waals surface area contributed by atoms with Crippen molar-refractivity contribution in [1.29, 1.82) is 0 Å². The zero-order valence-electron chi connectivity index (χ0n) is 11.8. The maximum Gasteiger partial charge on any atom is 0.311 e. The first-order chi connectivity index (χ1) is 9.70. The van der Waals surface area contributed by atoms with Gasteiger partial charge in [-0.3, -0.25) is 9.59 Å². The number of hydrogen-bond donors (Lipinski definition) is 2. The van der Waals surface area contributed by atoms with Crippen LogP contribution in [-0.2, 0) is 22.6 Å². The fourth-order valence-electron chi connectivity index (χ4n) is 2.16. The number of nitrogens with one attached hydrogen (secondary N) is 2. The molecule has 0 spiro atoms. The third-order valence-electron chi connectivity index (χ3n) is 3.48. The quantitative estimate of drug-likeness (QED) is 0.780. The molecule has 1 aliphatic heterocycles. The molecule has 2 rings (SSSR count). The average molecular weight is 275 g/mol. The van der Waals surface area contributed by atoms with Crippen molar-refractivity contribution in [3.8, 4) is 0 Å². The number of carbonyl (C=O) groups excluding carboxylic acids is 2. The van der Waals surface area contributed by atoms with E-state index in [2.05, 4.69) is 17.6 Å². The lowest BCUT2D eigenvalue weighted by Crippen LogP contribution is -2.51. The van der Waals surface area contributed by atoms with Crippen LogP contribution in [-0.4, -0.2) is 42.9 Å². The second-order valence-corrected chi connectivity index (χ2v) is 4.89. The standard InChI is InChI=1S/C15H21N3O2/c1-2-12-3-5-13(6-4-12)11-17-14(19)15(20)18-9-7-16-8-10-18/h3-6,16H,2,7-11H2,1H3,(H,17,19). The minimum Gasteiger partial charge on any atom is -0.344 e. The van der Waals surface area contributed by atoms with Gasteiger partial charge in [0.2, 0.25) is 0 Å². The Hall–Kier alpha value is -1.88. The van der Waals surface area contributed by atoms with Crippen LogP contribution in [0.2, 0.25) is 0 Å². The molecule has 1 fully saturated rings. The molecule has 1 saturated heterocycles. The number of hydrogen-bond acceptors (Lipinski definition) is 3. The summed E-state index contributed by atoms with van der Waals surface area (Å²) in [5.41, 5.74) is 2.26. The Labute approximate surface area is 119 Å². The molecule has 108 valence electrons. The fourth-order valence-corrected chi connectivity index (χ4v) is 2.16. The maximum atomic E-state index is 11.9. The lowest BCUT2D eigenvalue weighted by molar-refractivity contribution is -0.146. The highest BCUT2D eigenvalue weighted by atomic mass is 16.2.